The molecule has 0 aliphatic heterocycles. The van der Waals surface area contributed by atoms with Crippen molar-refractivity contribution in [3.05, 3.63) is 47.5 Å². The molecule has 110 valence electrons. The number of benzene rings is 2. The summed E-state index contributed by atoms with van der Waals surface area (Å²) in [6.45, 7) is 0. The number of fused-ring (bicyclic) bond motifs is 3. The number of alkyl halides is 6. The van der Waals surface area contributed by atoms with Crippen molar-refractivity contribution >= 4 is 21.8 Å². The second kappa shape index (κ2) is 4.16. The molecule has 1 nitrogen and oxygen atoms in total. The van der Waals surface area contributed by atoms with Crippen molar-refractivity contribution in [1.82, 2.24) is 4.98 Å². The Morgan fingerprint density at radius 3 is 1.86 bits per heavy atom. The van der Waals surface area contributed by atoms with Crippen molar-refractivity contribution in [2.75, 3.05) is 0 Å². The summed E-state index contributed by atoms with van der Waals surface area (Å²) >= 11 is 0. The van der Waals surface area contributed by atoms with Gasteiger partial charge in [0.1, 0.15) is 0 Å². The van der Waals surface area contributed by atoms with E-state index in [4.69, 9.17) is 0 Å². The topological polar surface area (TPSA) is 15.8 Å². The minimum atomic E-state index is -5.07. The van der Waals surface area contributed by atoms with Gasteiger partial charge in [-0.05, 0) is 18.2 Å². The molecule has 2 aromatic carbocycles. The van der Waals surface area contributed by atoms with Gasteiger partial charge in [0.05, 0.1) is 11.1 Å². The third-order valence-corrected chi connectivity index (χ3v) is 3.26. The Hall–Kier alpha value is -2.18. The van der Waals surface area contributed by atoms with E-state index in [1.165, 1.54) is 0 Å². The molecule has 1 heterocycles. The lowest BCUT2D eigenvalue weighted by molar-refractivity contribution is -0.161. The van der Waals surface area contributed by atoms with E-state index in [0.29, 0.717) is 23.0 Å². The van der Waals surface area contributed by atoms with Crippen molar-refractivity contribution in [3.8, 4) is 0 Å². The molecule has 0 aliphatic rings. The zero-order valence-corrected chi connectivity index (χ0v) is 10.2. The van der Waals surface area contributed by atoms with Crippen molar-refractivity contribution in [1.29, 1.82) is 0 Å². The maximum absolute atomic E-state index is 12.9. The van der Waals surface area contributed by atoms with Crippen LogP contribution in [0.3, 0.4) is 0 Å². The number of hydrogen-bond donors (Lipinski definition) is 1. The summed E-state index contributed by atoms with van der Waals surface area (Å²) in [5.41, 5.74) is -2.85. The van der Waals surface area contributed by atoms with Crippen LogP contribution >= 0.6 is 0 Å². The Morgan fingerprint density at radius 2 is 1.24 bits per heavy atom. The van der Waals surface area contributed by atoms with Gasteiger partial charge in [-0.25, -0.2) is 0 Å². The number of rotatable bonds is 0. The van der Waals surface area contributed by atoms with Crippen LogP contribution in [-0.2, 0) is 12.4 Å². The average molecular weight is 303 g/mol. The van der Waals surface area contributed by atoms with E-state index < -0.39 is 23.5 Å². The standard InChI is InChI=1S/C14H7F6N/c15-13(16,17)9-5-8-7-3-1-2-4-11(7)21-12(8)6-10(9)14(18,19)20/h1-6,21H. The predicted molar refractivity (Wildman–Crippen MR) is 65.8 cm³/mol. The fourth-order valence-electron chi connectivity index (χ4n) is 2.37. The normalized spacial score (nSPS) is 13.2. The minimum absolute atomic E-state index is 0.0246. The van der Waals surface area contributed by atoms with E-state index in [9.17, 15) is 26.3 Å². The van der Waals surface area contributed by atoms with Crippen LogP contribution in [0.5, 0.6) is 0 Å². The highest BCUT2D eigenvalue weighted by Crippen LogP contribution is 2.43. The molecule has 7 heteroatoms. The van der Waals surface area contributed by atoms with Crippen LogP contribution in [0.25, 0.3) is 21.8 Å². The number of halogens is 6. The van der Waals surface area contributed by atoms with Gasteiger partial charge in [0, 0.05) is 21.8 Å². The Balaban J connectivity index is 2.44. The maximum Gasteiger partial charge on any atom is 0.417 e. The van der Waals surface area contributed by atoms with E-state index in [-0.39, 0.29) is 10.9 Å². The fourth-order valence-corrected chi connectivity index (χ4v) is 2.37. The van der Waals surface area contributed by atoms with E-state index >= 15 is 0 Å². The van der Waals surface area contributed by atoms with E-state index in [1.54, 1.807) is 24.3 Å². The average Bonchev–Trinajstić information content (AvgIpc) is 2.73. The molecule has 21 heavy (non-hydrogen) atoms. The highest BCUT2D eigenvalue weighted by molar-refractivity contribution is 6.07. The van der Waals surface area contributed by atoms with Gasteiger partial charge in [-0.15, -0.1) is 0 Å². The van der Waals surface area contributed by atoms with Crippen LogP contribution < -0.4 is 0 Å². The molecule has 3 rings (SSSR count). The number of aromatic nitrogens is 1. The first kappa shape index (κ1) is 13.8. The molecule has 0 saturated heterocycles. The van der Waals surface area contributed by atoms with E-state index in [1.807, 2.05) is 0 Å². The van der Waals surface area contributed by atoms with Gasteiger partial charge in [0.15, 0.2) is 0 Å². The second-order valence-corrected chi connectivity index (χ2v) is 4.61. The number of aromatic amines is 1. The zero-order chi connectivity index (χ0) is 15.4. The van der Waals surface area contributed by atoms with Crippen molar-refractivity contribution < 1.29 is 26.3 Å². The predicted octanol–water partition coefficient (Wildman–Crippen LogP) is 5.36. The molecule has 0 unspecified atom stereocenters. The van der Waals surface area contributed by atoms with Crippen LogP contribution in [0.1, 0.15) is 11.1 Å². The van der Waals surface area contributed by atoms with Crippen molar-refractivity contribution in [3.63, 3.8) is 0 Å². The number of H-pyrrole nitrogens is 1. The lowest BCUT2D eigenvalue weighted by Gasteiger charge is -2.15. The minimum Gasteiger partial charge on any atom is -0.354 e. The van der Waals surface area contributed by atoms with Crippen LogP contribution in [0.15, 0.2) is 36.4 Å². The monoisotopic (exact) mass is 303 g/mol. The first-order valence-electron chi connectivity index (χ1n) is 5.87. The molecule has 0 atom stereocenters. The van der Waals surface area contributed by atoms with Crippen molar-refractivity contribution in [2.24, 2.45) is 0 Å². The highest BCUT2D eigenvalue weighted by atomic mass is 19.4. The molecule has 0 radical (unpaired) electrons. The van der Waals surface area contributed by atoms with Crippen LogP contribution in [0, 0.1) is 0 Å². The van der Waals surface area contributed by atoms with Gasteiger partial charge in [-0.1, -0.05) is 18.2 Å². The SMILES string of the molecule is FC(F)(F)c1cc2[nH]c3ccccc3c2cc1C(F)(F)F. The van der Waals surface area contributed by atoms with Gasteiger partial charge >= 0.3 is 12.4 Å². The lowest BCUT2D eigenvalue weighted by atomic mass is 10.0. The highest BCUT2D eigenvalue weighted by Gasteiger charge is 2.43. The molecule has 1 aromatic heterocycles. The van der Waals surface area contributed by atoms with Gasteiger partial charge in [0.25, 0.3) is 0 Å². The summed E-state index contributed by atoms with van der Waals surface area (Å²) in [6, 6.07) is 7.47. The molecule has 0 saturated carbocycles. The summed E-state index contributed by atoms with van der Waals surface area (Å²) in [6.07, 6.45) is -10.1. The molecule has 0 aliphatic carbocycles. The molecule has 3 aromatic rings. The third-order valence-electron chi connectivity index (χ3n) is 3.26. The van der Waals surface area contributed by atoms with Gasteiger partial charge in [0.2, 0.25) is 0 Å². The molecule has 0 spiro atoms. The summed E-state index contributed by atoms with van der Waals surface area (Å²) in [5, 5.41) is 0.567. The smallest absolute Gasteiger partial charge is 0.354 e. The number of para-hydroxylation sites is 1. The van der Waals surface area contributed by atoms with Crippen molar-refractivity contribution in [2.45, 2.75) is 12.4 Å². The fraction of sp³-hybridized carbons (Fsp3) is 0.143. The summed E-state index contributed by atoms with van der Waals surface area (Å²) < 4.78 is 77.3. The lowest BCUT2D eigenvalue weighted by Crippen LogP contribution is -2.16. The summed E-state index contributed by atoms with van der Waals surface area (Å²) in [4.78, 5) is 2.70. The van der Waals surface area contributed by atoms with Crippen LogP contribution in [-0.4, -0.2) is 4.98 Å². The Bertz CT molecular complexity index is 825. The van der Waals surface area contributed by atoms with Gasteiger partial charge in [-0.2, -0.15) is 26.3 Å². The largest absolute Gasteiger partial charge is 0.417 e. The summed E-state index contributed by atoms with van der Waals surface area (Å²) in [7, 11) is 0. The first-order valence-corrected chi connectivity index (χ1v) is 5.87. The number of hydrogen-bond acceptors (Lipinski definition) is 0. The molecule has 1 N–H and O–H groups in total. The van der Waals surface area contributed by atoms with E-state index in [2.05, 4.69) is 4.98 Å². The molecule has 0 fully saturated rings. The Morgan fingerprint density at radius 1 is 0.667 bits per heavy atom. The molecular formula is C14H7F6N. The Kier molecular flexibility index (Phi) is 2.73. The Labute approximate surface area is 114 Å². The number of nitrogens with one attached hydrogen (secondary N) is 1. The molecular weight excluding hydrogens is 296 g/mol. The first-order chi connectivity index (χ1) is 9.68. The van der Waals surface area contributed by atoms with Crippen LogP contribution in [0.2, 0.25) is 0 Å². The maximum atomic E-state index is 12.9. The zero-order valence-electron chi connectivity index (χ0n) is 10.2. The van der Waals surface area contributed by atoms with Crippen LogP contribution in [0.4, 0.5) is 26.3 Å². The quantitative estimate of drug-likeness (QED) is 0.538. The summed E-state index contributed by atoms with van der Waals surface area (Å²) in [5.74, 6) is 0. The van der Waals surface area contributed by atoms with Gasteiger partial charge < -0.3 is 4.98 Å². The molecule has 0 bridgehead atoms. The molecule has 0 amide bonds. The third kappa shape index (κ3) is 2.22. The second-order valence-electron chi connectivity index (χ2n) is 4.61. The van der Waals surface area contributed by atoms with E-state index in [0.717, 1.165) is 0 Å². The van der Waals surface area contributed by atoms with Gasteiger partial charge in [-0.3, -0.25) is 0 Å².